The molecule has 0 amide bonds. The fourth-order valence-electron chi connectivity index (χ4n) is 1.28. The molecular formula is C9H22N2. The third-order valence-electron chi connectivity index (χ3n) is 2.08. The minimum absolute atomic E-state index is 0.326. The van der Waals surface area contributed by atoms with Crippen LogP contribution < -0.4 is 5.73 Å². The summed E-state index contributed by atoms with van der Waals surface area (Å²) in [5.41, 5.74) is 5.80. The first kappa shape index (κ1) is 10.9. The van der Waals surface area contributed by atoms with Gasteiger partial charge in [0.05, 0.1) is 6.17 Å². The van der Waals surface area contributed by atoms with Crippen molar-refractivity contribution in [2.75, 3.05) is 13.6 Å². The maximum absolute atomic E-state index is 5.80. The molecule has 0 radical (unpaired) electrons. The lowest BCUT2D eigenvalue weighted by molar-refractivity contribution is 0.253. The van der Waals surface area contributed by atoms with Crippen LogP contribution in [0.25, 0.3) is 0 Å². The highest BCUT2D eigenvalue weighted by Gasteiger charge is 2.11. The number of hydrogen-bond donors (Lipinski definition) is 1. The molecule has 1 rings (SSSR count). The van der Waals surface area contributed by atoms with E-state index in [0.29, 0.717) is 6.17 Å². The van der Waals surface area contributed by atoms with Gasteiger partial charge < -0.3 is 5.73 Å². The Balaban J connectivity index is 0.000000461. The van der Waals surface area contributed by atoms with Crippen LogP contribution in [0.2, 0.25) is 0 Å². The zero-order chi connectivity index (χ0) is 8.69. The van der Waals surface area contributed by atoms with Crippen LogP contribution in [0.1, 0.15) is 39.5 Å². The Morgan fingerprint density at radius 1 is 1.18 bits per heavy atom. The first-order valence-corrected chi connectivity index (χ1v) is 4.76. The van der Waals surface area contributed by atoms with E-state index in [-0.39, 0.29) is 0 Å². The molecule has 2 N–H and O–H groups in total. The second kappa shape index (κ2) is 6.62. The molecule has 0 aromatic heterocycles. The second-order valence-electron chi connectivity index (χ2n) is 2.90. The summed E-state index contributed by atoms with van der Waals surface area (Å²) in [5, 5.41) is 0. The van der Waals surface area contributed by atoms with Crippen molar-refractivity contribution in [1.29, 1.82) is 0 Å². The Hall–Kier alpha value is -0.0800. The molecule has 0 saturated carbocycles. The van der Waals surface area contributed by atoms with Crippen molar-refractivity contribution < 1.29 is 0 Å². The highest BCUT2D eigenvalue weighted by atomic mass is 15.2. The van der Waals surface area contributed by atoms with E-state index in [1.165, 1.54) is 32.2 Å². The van der Waals surface area contributed by atoms with Crippen molar-refractivity contribution in [2.45, 2.75) is 45.7 Å². The normalized spacial score (nSPS) is 26.7. The lowest BCUT2D eigenvalue weighted by atomic mass is 10.2. The molecule has 2 nitrogen and oxygen atoms in total. The smallest absolute Gasteiger partial charge is 0.0569 e. The predicted molar refractivity (Wildman–Crippen MR) is 50.4 cm³/mol. The van der Waals surface area contributed by atoms with Crippen molar-refractivity contribution >= 4 is 0 Å². The fourth-order valence-corrected chi connectivity index (χ4v) is 1.28. The predicted octanol–water partition coefficient (Wildman–Crippen LogP) is 1.80. The van der Waals surface area contributed by atoms with Crippen LogP contribution in [0.4, 0.5) is 0 Å². The average molecular weight is 158 g/mol. The minimum Gasteiger partial charge on any atom is -0.316 e. The van der Waals surface area contributed by atoms with E-state index in [0.717, 1.165) is 0 Å². The van der Waals surface area contributed by atoms with Gasteiger partial charge in [-0.3, -0.25) is 4.90 Å². The molecule has 1 fully saturated rings. The number of hydrogen-bond acceptors (Lipinski definition) is 2. The van der Waals surface area contributed by atoms with Crippen LogP contribution in [-0.4, -0.2) is 24.7 Å². The summed E-state index contributed by atoms with van der Waals surface area (Å²) >= 11 is 0. The molecule has 11 heavy (non-hydrogen) atoms. The molecule has 0 bridgehead atoms. The van der Waals surface area contributed by atoms with E-state index < -0.39 is 0 Å². The van der Waals surface area contributed by atoms with Gasteiger partial charge in [0.25, 0.3) is 0 Å². The van der Waals surface area contributed by atoms with Gasteiger partial charge in [0, 0.05) is 0 Å². The Bertz CT molecular complexity index is 73.6. The van der Waals surface area contributed by atoms with Gasteiger partial charge in [-0.25, -0.2) is 0 Å². The highest BCUT2D eigenvalue weighted by Crippen LogP contribution is 2.10. The molecule has 1 unspecified atom stereocenters. The Morgan fingerprint density at radius 2 is 1.82 bits per heavy atom. The standard InChI is InChI=1S/C7H16N2.C2H6/c1-9-6-4-2-3-5-7(9)8;1-2/h7H,2-6,8H2,1H3;1-2H3. The second-order valence-corrected chi connectivity index (χ2v) is 2.90. The third-order valence-corrected chi connectivity index (χ3v) is 2.08. The summed E-state index contributed by atoms with van der Waals surface area (Å²) in [4.78, 5) is 2.24. The van der Waals surface area contributed by atoms with Crippen molar-refractivity contribution in [2.24, 2.45) is 5.73 Å². The third kappa shape index (κ3) is 4.38. The highest BCUT2D eigenvalue weighted by molar-refractivity contribution is 4.65. The van der Waals surface area contributed by atoms with E-state index in [2.05, 4.69) is 11.9 Å². The van der Waals surface area contributed by atoms with E-state index in [9.17, 15) is 0 Å². The summed E-state index contributed by atoms with van der Waals surface area (Å²) < 4.78 is 0. The quantitative estimate of drug-likeness (QED) is 0.582. The maximum Gasteiger partial charge on any atom is 0.0569 e. The summed E-state index contributed by atoms with van der Waals surface area (Å²) in [7, 11) is 2.11. The van der Waals surface area contributed by atoms with E-state index in [4.69, 9.17) is 5.73 Å². The van der Waals surface area contributed by atoms with Gasteiger partial charge in [0.1, 0.15) is 0 Å². The Labute approximate surface area is 70.8 Å². The van der Waals surface area contributed by atoms with Gasteiger partial charge in [0.2, 0.25) is 0 Å². The van der Waals surface area contributed by atoms with Crippen LogP contribution in [0, 0.1) is 0 Å². The zero-order valence-electron chi connectivity index (χ0n) is 8.14. The van der Waals surface area contributed by atoms with Crippen molar-refractivity contribution in [3.05, 3.63) is 0 Å². The van der Waals surface area contributed by atoms with Crippen molar-refractivity contribution in [3.63, 3.8) is 0 Å². The van der Waals surface area contributed by atoms with Crippen molar-refractivity contribution in [3.8, 4) is 0 Å². The summed E-state index contributed by atoms with van der Waals surface area (Å²) in [5.74, 6) is 0. The molecule has 0 aromatic rings. The van der Waals surface area contributed by atoms with Crippen LogP contribution in [0.5, 0.6) is 0 Å². The first-order chi connectivity index (χ1) is 5.30. The molecule has 0 aromatic carbocycles. The van der Waals surface area contributed by atoms with Gasteiger partial charge in [-0.15, -0.1) is 0 Å². The number of nitrogens with zero attached hydrogens (tertiary/aromatic N) is 1. The molecular weight excluding hydrogens is 136 g/mol. The first-order valence-electron chi connectivity index (χ1n) is 4.76. The topological polar surface area (TPSA) is 29.3 Å². The van der Waals surface area contributed by atoms with Crippen LogP contribution in [0.3, 0.4) is 0 Å². The molecule has 1 saturated heterocycles. The lowest BCUT2D eigenvalue weighted by Gasteiger charge is -2.20. The number of rotatable bonds is 0. The number of likely N-dealkylation sites (tertiary alicyclic amines) is 1. The lowest BCUT2D eigenvalue weighted by Crippen LogP contribution is -2.38. The summed E-state index contributed by atoms with van der Waals surface area (Å²) in [6.45, 7) is 5.18. The molecule has 1 atom stereocenters. The molecule has 0 aliphatic carbocycles. The van der Waals surface area contributed by atoms with Crippen LogP contribution in [-0.2, 0) is 0 Å². The van der Waals surface area contributed by atoms with Gasteiger partial charge in [-0.05, 0) is 26.4 Å². The molecule has 2 heteroatoms. The van der Waals surface area contributed by atoms with Crippen molar-refractivity contribution in [1.82, 2.24) is 4.90 Å². The van der Waals surface area contributed by atoms with Gasteiger partial charge in [0.15, 0.2) is 0 Å². The summed E-state index contributed by atoms with van der Waals surface area (Å²) in [6.07, 6.45) is 5.50. The van der Waals surface area contributed by atoms with E-state index >= 15 is 0 Å². The number of nitrogens with two attached hydrogens (primary N) is 1. The monoisotopic (exact) mass is 158 g/mol. The molecule has 1 heterocycles. The van der Waals surface area contributed by atoms with Gasteiger partial charge in [-0.2, -0.15) is 0 Å². The average Bonchev–Trinajstić information content (AvgIpc) is 2.22. The Morgan fingerprint density at radius 3 is 2.45 bits per heavy atom. The zero-order valence-corrected chi connectivity index (χ0v) is 8.14. The summed E-state index contributed by atoms with van der Waals surface area (Å²) in [6, 6.07) is 0. The van der Waals surface area contributed by atoms with Crippen LogP contribution >= 0.6 is 0 Å². The van der Waals surface area contributed by atoms with Gasteiger partial charge in [-0.1, -0.05) is 26.7 Å². The minimum atomic E-state index is 0.326. The van der Waals surface area contributed by atoms with Gasteiger partial charge >= 0.3 is 0 Å². The van der Waals surface area contributed by atoms with Crippen LogP contribution in [0.15, 0.2) is 0 Å². The fraction of sp³-hybridized carbons (Fsp3) is 1.00. The largest absolute Gasteiger partial charge is 0.316 e. The Kier molecular flexibility index (Phi) is 6.57. The molecule has 68 valence electrons. The maximum atomic E-state index is 5.80. The molecule has 0 spiro atoms. The molecule has 1 aliphatic rings. The van der Waals surface area contributed by atoms with E-state index in [1.807, 2.05) is 13.8 Å². The molecule has 1 aliphatic heterocycles. The van der Waals surface area contributed by atoms with E-state index in [1.54, 1.807) is 0 Å². The SMILES string of the molecule is CC.CN1CCCCCC1N.